The fourth-order valence-corrected chi connectivity index (χ4v) is 2.84. The molecule has 1 N–H and O–H groups in total. The Labute approximate surface area is 136 Å². The summed E-state index contributed by atoms with van der Waals surface area (Å²) < 4.78 is 5.33. The molecule has 4 heteroatoms. The van der Waals surface area contributed by atoms with Crippen LogP contribution in [0.2, 0.25) is 0 Å². The Bertz CT molecular complexity index is 1160. The average Bonchev–Trinajstić information content (AvgIpc) is 2.61. The van der Waals surface area contributed by atoms with E-state index in [0.29, 0.717) is 11.0 Å². The van der Waals surface area contributed by atoms with Gasteiger partial charge in [-0.3, -0.25) is 4.79 Å². The Balaban J connectivity index is 2.01. The summed E-state index contributed by atoms with van der Waals surface area (Å²) in [5, 5.41) is 12.4. The Morgan fingerprint density at radius 2 is 1.58 bits per heavy atom. The summed E-state index contributed by atoms with van der Waals surface area (Å²) in [5.74, 6) is -0.725. The number of aromatic hydroxyl groups is 1. The van der Waals surface area contributed by atoms with Crippen molar-refractivity contribution in [1.29, 1.82) is 0 Å². The molecule has 0 saturated carbocycles. The quantitative estimate of drug-likeness (QED) is 0.346. The van der Waals surface area contributed by atoms with Crippen LogP contribution >= 0.6 is 0 Å². The first-order valence-electron chi connectivity index (χ1n) is 7.43. The second kappa shape index (κ2) is 5.35. The van der Waals surface area contributed by atoms with Crippen LogP contribution in [-0.2, 0) is 0 Å². The van der Waals surface area contributed by atoms with E-state index in [2.05, 4.69) is 0 Å². The van der Waals surface area contributed by atoms with Crippen molar-refractivity contribution in [2.24, 2.45) is 0 Å². The molecule has 0 fully saturated rings. The number of phenolic OH excluding ortho intramolecular Hbond substituents is 1. The van der Waals surface area contributed by atoms with E-state index in [0.717, 1.165) is 10.8 Å². The molecule has 0 spiro atoms. The van der Waals surface area contributed by atoms with Gasteiger partial charge < -0.3 is 9.52 Å². The molecule has 4 nitrogen and oxygen atoms in total. The van der Waals surface area contributed by atoms with Crippen LogP contribution in [0.4, 0.5) is 0 Å². The number of hydrogen-bond donors (Lipinski definition) is 1. The van der Waals surface area contributed by atoms with Gasteiger partial charge in [-0.15, -0.1) is 0 Å². The van der Waals surface area contributed by atoms with Crippen molar-refractivity contribution in [3.63, 3.8) is 0 Å². The van der Waals surface area contributed by atoms with E-state index in [1.165, 1.54) is 18.2 Å². The summed E-state index contributed by atoms with van der Waals surface area (Å²) in [7, 11) is 0. The molecule has 116 valence electrons. The summed E-state index contributed by atoms with van der Waals surface area (Å²) in [5.41, 5.74) is -0.316. The lowest BCUT2D eigenvalue weighted by Crippen LogP contribution is -2.14. The summed E-state index contributed by atoms with van der Waals surface area (Å²) in [4.78, 5) is 24.9. The number of carbonyl (C=O) groups is 1. The highest BCUT2D eigenvalue weighted by Crippen LogP contribution is 2.26. The molecule has 0 atom stereocenters. The lowest BCUT2D eigenvalue weighted by Gasteiger charge is -2.06. The number of carbonyl (C=O) groups excluding carboxylic acids is 1. The van der Waals surface area contributed by atoms with E-state index in [-0.39, 0.29) is 16.9 Å². The Kier molecular flexibility index (Phi) is 3.17. The number of ketones is 1. The number of hydrogen-bond acceptors (Lipinski definition) is 4. The van der Waals surface area contributed by atoms with E-state index < -0.39 is 11.4 Å². The van der Waals surface area contributed by atoms with Crippen molar-refractivity contribution in [3.8, 4) is 5.75 Å². The normalized spacial score (nSPS) is 11.0. The fraction of sp³-hybridized carbons (Fsp3) is 0. The van der Waals surface area contributed by atoms with Crippen LogP contribution in [0.5, 0.6) is 5.75 Å². The van der Waals surface area contributed by atoms with Gasteiger partial charge in [0.15, 0.2) is 0 Å². The predicted molar refractivity (Wildman–Crippen MR) is 91.5 cm³/mol. The third kappa shape index (κ3) is 2.16. The van der Waals surface area contributed by atoms with Crippen molar-refractivity contribution in [2.45, 2.75) is 0 Å². The maximum absolute atomic E-state index is 12.6. The Hall–Kier alpha value is -3.40. The molecule has 1 aromatic heterocycles. The molecule has 24 heavy (non-hydrogen) atoms. The summed E-state index contributed by atoms with van der Waals surface area (Å²) in [6, 6.07) is 18.9. The van der Waals surface area contributed by atoms with Gasteiger partial charge in [0.25, 0.3) is 0 Å². The molecule has 4 aromatic rings. The van der Waals surface area contributed by atoms with Gasteiger partial charge in [-0.05, 0) is 35.0 Å². The monoisotopic (exact) mass is 316 g/mol. The number of fused-ring (bicyclic) bond motifs is 3. The van der Waals surface area contributed by atoms with Crippen molar-refractivity contribution >= 4 is 27.5 Å². The molecule has 0 aliphatic carbocycles. The van der Waals surface area contributed by atoms with Crippen LogP contribution in [0.15, 0.2) is 75.9 Å². The Morgan fingerprint density at radius 3 is 2.42 bits per heavy atom. The van der Waals surface area contributed by atoms with Crippen molar-refractivity contribution in [2.75, 3.05) is 0 Å². The molecule has 4 rings (SSSR count). The number of phenols is 1. The first kappa shape index (κ1) is 14.2. The molecule has 0 radical (unpaired) electrons. The van der Waals surface area contributed by atoms with Crippen LogP contribution in [0.3, 0.4) is 0 Å². The smallest absolute Gasteiger partial charge is 0.347 e. The molecule has 0 unspecified atom stereocenters. The van der Waals surface area contributed by atoms with E-state index in [9.17, 15) is 14.7 Å². The summed E-state index contributed by atoms with van der Waals surface area (Å²) in [6.45, 7) is 0. The highest BCUT2D eigenvalue weighted by atomic mass is 16.4. The van der Waals surface area contributed by atoms with Gasteiger partial charge in [-0.25, -0.2) is 4.79 Å². The van der Waals surface area contributed by atoms with E-state index in [1.54, 1.807) is 18.2 Å². The van der Waals surface area contributed by atoms with Gasteiger partial charge in [0.1, 0.15) is 16.9 Å². The molecule has 0 amide bonds. The highest BCUT2D eigenvalue weighted by Gasteiger charge is 2.19. The minimum Gasteiger partial charge on any atom is -0.507 e. The number of rotatable bonds is 2. The molecule has 0 aliphatic heterocycles. The molecule has 0 bridgehead atoms. The van der Waals surface area contributed by atoms with E-state index >= 15 is 0 Å². The summed E-state index contributed by atoms with van der Waals surface area (Å²) in [6.07, 6.45) is 0. The second-order valence-corrected chi connectivity index (χ2v) is 5.49. The van der Waals surface area contributed by atoms with E-state index in [4.69, 9.17) is 4.42 Å². The molecular weight excluding hydrogens is 304 g/mol. The van der Waals surface area contributed by atoms with Crippen molar-refractivity contribution in [1.82, 2.24) is 0 Å². The van der Waals surface area contributed by atoms with Crippen molar-refractivity contribution in [3.05, 3.63) is 88.3 Å². The first-order chi connectivity index (χ1) is 11.6. The molecule has 3 aromatic carbocycles. The maximum Gasteiger partial charge on any atom is 0.347 e. The molecule has 1 heterocycles. The first-order valence-corrected chi connectivity index (χ1v) is 7.43. The average molecular weight is 316 g/mol. The SMILES string of the molecule is O=C(c1ccccc1O)c1cc2c(ccc3ccccc32)oc1=O. The third-order valence-electron chi connectivity index (χ3n) is 4.04. The second-order valence-electron chi connectivity index (χ2n) is 5.49. The minimum absolute atomic E-state index is 0.0735. The lowest BCUT2D eigenvalue weighted by molar-refractivity contribution is 0.103. The zero-order valence-electron chi connectivity index (χ0n) is 12.5. The Morgan fingerprint density at radius 1 is 0.833 bits per heavy atom. The van der Waals surface area contributed by atoms with Crippen LogP contribution in [0, 0.1) is 0 Å². The van der Waals surface area contributed by atoms with E-state index in [1.807, 2.05) is 30.3 Å². The van der Waals surface area contributed by atoms with Gasteiger partial charge >= 0.3 is 5.63 Å². The zero-order chi connectivity index (χ0) is 16.7. The van der Waals surface area contributed by atoms with Gasteiger partial charge in [0.2, 0.25) is 5.78 Å². The predicted octanol–water partition coefficient (Wildman–Crippen LogP) is 3.88. The standard InChI is InChI=1S/C20H12O4/c21-17-8-4-3-7-14(17)19(22)16-11-15-13-6-2-1-5-12(13)9-10-18(15)24-20(16)23/h1-11,21H. The molecule has 0 saturated heterocycles. The summed E-state index contributed by atoms with van der Waals surface area (Å²) >= 11 is 0. The van der Waals surface area contributed by atoms with Gasteiger partial charge in [0.05, 0.1) is 5.56 Å². The molecular formula is C20H12O4. The number of benzene rings is 3. The number of para-hydroxylation sites is 1. The zero-order valence-corrected chi connectivity index (χ0v) is 12.5. The minimum atomic E-state index is -0.717. The van der Waals surface area contributed by atoms with Gasteiger partial charge in [-0.1, -0.05) is 42.5 Å². The van der Waals surface area contributed by atoms with Crippen LogP contribution in [-0.4, -0.2) is 10.9 Å². The highest BCUT2D eigenvalue weighted by molar-refractivity contribution is 6.13. The topological polar surface area (TPSA) is 67.5 Å². The molecule has 0 aliphatic rings. The van der Waals surface area contributed by atoms with Crippen LogP contribution in [0.25, 0.3) is 21.7 Å². The van der Waals surface area contributed by atoms with Crippen molar-refractivity contribution < 1.29 is 14.3 Å². The van der Waals surface area contributed by atoms with Gasteiger partial charge in [-0.2, -0.15) is 0 Å². The third-order valence-corrected chi connectivity index (χ3v) is 4.04. The lowest BCUT2D eigenvalue weighted by atomic mass is 10.0. The van der Waals surface area contributed by atoms with Gasteiger partial charge in [0, 0.05) is 5.39 Å². The van der Waals surface area contributed by atoms with Crippen LogP contribution in [0.1, 0.15) is 15.9 Å². The van der Waals surface area contributed by atoms with Crippen LogP contribution < -0.4 is 5.63 Å². The fourth-order valence-electron chi connectivity index (χ4n) is 2.84. The maximum atomic E-state index is 12.6. The largest absolute Gasteiger partial charge is 0.507 e.